The van der Waals surface area contributed by atoms with Crippen molar-refractivity contribution in [3.05, 3.63) is 35.5 Å². The zero-order chi connectivity index (χ0) is 12.8. The third-order valence-corrected chi connectivity index (χ3v) is 2.74. The molecule has 4 nitrogen and oxygen atoms in total. The predicted octanol–water partition coefficient (Wildman–Crippen LogP) is 2.31. The number of nitrogens with zero attached hydrogens (tertiary/aromatic N) is 1. The van der Waals surface area contributed by atoms with E-state index in [9.17, 15) is 0 Å². The molecule has 0 amide bonds. The van der Waals surface area contributed by atoms with Crippen LogP contribution in [0.15, 0.2) is 30.5 Å². The molecule has 1 heterocycles. The van der Waals surface area contributed by atoms with E-state index in [2.05, 4.69) is 10.3 Å². The Morgan fingerprint density at radius 2 is 2.17 bits per heavy atom. The molecule has 0 bridgehead atoms. The molecule has 0 atom stereocenters. The zero-order valence-corrected chi connectivity index (χ0v) is 10.7. The maximum Gasteiger partial charge on any atom is 0.0723 e. The summed E-state index contributed by atoms with van der Waals surface area (Å²) in [4.78, 5) is 4.28. The number of anilines is 1. The Morgan fingerprint density at radius 3 is 3.00 bits per heavy atom. The summed E-state index contributed by atoms with van der Waals surface area (Å²) in [6, 6.07) is 7.52. The first-order valence-corrected chi connectivity index (χ1v) is 6.16. The van der Waals surface area contributed by atoms with E-state index in [1.54, 1.807) is 6.20 Å². The van der Waals surface area contributed by atoms with Gasteiger partial charge in [0.15, 0.2) is 0 Å². The van der Waals surface area contributed by atoms with Crippen LogP contribution >= 0.6 is 11.6 Å². The fourth-order valence-corrected chi connectivity index (χ4v) is 1.87. The summed E-state index contributed by atoms with van der Waals surface area (Å²) in [5.74, 6) is 0. The van der Waals surface area contributed by atoms with E-state index in [1.165, 1.54) is 0 Å². The Kier molecular flexibility index (Phi) is 4.75. The number of aliphatic hydroxyl groups excluding tert-OH is 1. The van der Waals surface area contributed by atoms with Crippen LogP contribution in [0.25, 0.3) is 10.9 Å². The molecule has 18 heavy (non-hydrogen) atoms. The number of fused-ring (bicyclic) bond motifs is 1. The van der Waals surface area contributed by atoms with Crippen molar-refractivity contribution in [3.8, 4) is 0 Å². The lowest BCUT2D eigenvalue weighted by atomic mass is 10.2. The summed E-state index contributed by atoms with van der Waals surface area (Å²) in [7, 11) is 0. The fraction of sp³-hybridized carbons (Fsp3) is 0.308. The van der Waals surface area contributed by atoms with Gasteiger partial charge in [0.25, 0.3) is 0 Å². The zero-order valence-electron chi connectivity index (χ0n) is 9.90. The fourth-order valence-electron chi connectivity index (χ4n) is 1.70. The second kappa shape index (κ2) is 6.54. The van der Waals surface area contributed by atoms with Gasteiger partial charge in [-0.3, -0.25) is 4.98 Å². The van der Waals surface area contributed by atoms with Crippen LogP contribution in [0.4, 0.5) is 5.69 Å². The van der Waals surface area contributed by atoms with Crippen molar-refractivity contribution in [2.24, 2.45) is 0 Å². The van der Waals surface area contributed by atoms with Crippen LogP contribution in [-0.2, 0) is 4.74 Å². The lowest BCUT2D eigenvalue weighted by Crippen LogP contribution is -2.11. The molecular formula is C13H15ClN2O2. The molecule has 2 N–H and O–H groups in total. The molecule has 2 aromatic rings. The number of halogens is 1. The van der Waals surface area contributed by atoms with Gasteiger partial charge in [0.1, 0.15) is 0 Å². The van der Waals surface area contributed by atoms with E-state index in [0.717, 1.165) is 16.6 Å². The minimum Gasteiger partial charge on any atom is -0.394 e. The highest BCUT2D eigenvalue weighted by Crippen LogP contribution is 2.24. The standard InChI is InChI=1S/C13H15ClN2O2/c14-10-1-2-12-11(9-10)13(3-4-15-12)16-5-7-18-8-6-17/h1-4,9,17H,5-8H2,(H,15,16). The van der Waals surface area contributed by atoms with E-state index in [4.69, 9.17) is 21.4 Å². The molecule has 0 spiro atoms. The Morgan fingerprint density at radius 1 is 1.28 bits per heavy atom. The number of benzene rings is 1. The number of hydrogen-bond donors (Lipinski definition) is 2. The second-order valence-electron chi connectivity index (χ2n) is 3.78. The van der Waals surface area contributed by atoms with Gasteiger partial charge in [0.05, 0.1) is 25.3 Å². The van der Waals surface area contributed by atoms with Crippen LogP contribution in [-0.4, -0.2) is 36.5 Å². The first kappa shape index (κ1) is 13.1. The van der Waals surface area contributed by atoms with Crippen molar-refractivity contribution in [1.29, 1.82) is 0 Å². The van der Waals surface area contributed by atoms with E-state index < -0.39 is 0 Å². The molecule has 0 radical (unpaired) electrons. The van der Waals surface area contributed by atoms with Crippen molar-refractivity contribution < 1.29 is 9.84 Å². The quantitative estimate of drug-likeness (QED) is 0.788. The highest BCUT2D eigenvalue weighted by atomic mass is 35.5. The highest BCUT2D eigenvalue weighted by molar-refractivity contribution is 6.31. The molecule has 1 aromatic heterocycles. The van der Waals surface area contributed by atoms with Crippen LogP contribution in [0, 0.1) is 0 Å². The minimum absolute atomic E-state index is 0.0494. The van der Waals surface area contributed by atoms with Gasteiger partial charge in [-0.2, -0.15) is 0 Å². The summed E-state index contributed by atoms with van der Waals surface area (Å²) in [5, 5.41) is 13.5. The number of hydrogen-bond acceptors (Lipinski definition) is 4. The topological polar surface area (TPSA) is 54.4 Å². The van der Waals surface area contributed by atoms with Gasteiger partial charge in [-0.15, -0.1) is 0 Å². The lowest BCUT2D eigenvalue weighted by molar-refractivity contribution is 0.0992. The second-order valence-corrected chi connectivity index (χ2v) is 4.22. The molecular weight excluding hydrogens is 252 g/mol. The summed E-state index contributed by atoms with van der Waals surface area (Å²) in [6.45, 7) is 1.63. The Labute approximate surface area is 111 Å². The molecule has 0 unspecified atom stereocenters. The normalized spacial score (nSPS) is 10.8. The van der Waals surface area contributed by atoms with Crippen molar-refractivity contribution >= 4 is 28.2 Å². The SMILES string of the molecule is OCCOCCNc1ccnc2ccc(Cl)cc12. The molecule has 1 aromatic carbocycles. The molecule has 0 aliphatic carbocycles. The molecule has 0 fully saturated rings. The van der Waals surface area contributed by atoms with Gasteiger partial charge < -0.3 is 15.2 Å². The molecule has 0 saturated carbocycles. The smallest absolute Gasteiger partial charge is 0.0723 e. The summed E-state index contributed by atoms with van der Waals surface area (Å²) < 4.78 is 5.19. The van der Waals surface area contributed by atoms with Crippen LogP contribution in [0.5, 0.6) is 0 Å². The van der Waals surface area contributed by atoms with Crippen LogP contribution in [0.1, 0.15) is 0 Å². The van der Waals surface area contributed by atoms with Gasteiger partial charge in [-0.1, -0.05) is 11.6 Å². The molecule has 0 aliphatic rings. The van der Waals surface area contributed by atoms with Gasteiger partial charge >= 0.3 is 0 Å². The molecule has 0 saturated heterocycles. The molecule has 2 rings (SSSR count). The number of pyridine rings is 1. The summed E-state index contributed by atoms with van der Waals surface area (Å²) >= 11 is 5.99. The van der Waals surface area contributed by atoms with Crippen LogP contribution in [0.2, 0.25) is 5.02 Å². The monoisotopic (exact) mass is 266 g/mol. The van der Waals surface area contributed by atoms with Crippen LogP contribution < -0.4 is 5.32 Å². The Balaban J connectivity index is 2.05. The lowest BCUT2D eigenvalue weighted by Gasteiger charge is -2.09. The number of aliphatic hydroxyl groups is 1. The van der Waals surface area contributed by atoms with E-state index in [-0.39, 0.29) is 6.61 Å². The van der Waals surface area contributed by atoms with Gasteiger partial charge in [-0.05, 0) is 24.3 Å². The van der Waals surface area contributed by atoms with E-state index in [1.807, 2.05) is 24.3 Å². The number of ether oxygens (including phenoxy) is 1. The molecule has 0 aliphatic heterocycles. The van der Waals surface area contributed by atoms with Crippen molar-refractivity contribution in [2.45, 2.75) is 0 Å². The first-order valence-electron chi connectivity index (χ1n) is 5.78. The van der Waals surface area contributed by atoms with Gasteiger partial charge in [0, 0.05) is 28.8 Å². The number of aromatic nitrogens is 1. The third-order valence-electron chi connectivity index (χ3n) is 2.50. The van der Waals surface area contributed by atoms with E-state index >= 15 is 0 Å². The third kappa shape index (κ3) is 3.32. The van der Waals surface area contributed by atoms with E-state index in [0.29, 0.717) is 24.8 Å². The maximum atomic E-state index is 8.59. The Bertz CT molecular complexity index is 519. The number of rotatable bonds is 6. The summed E-state index contributed by atoms with van der Waals surface area (Å²) in [5.41, 5.74) is 1.88. The Hall–Kier alpha value is -1.36. The van der Waals surface area contributed by atoms with Crippen molar-refractivity contribution in [3.63, 3.8) is 0 Å². The van der Waals surface area contributed by atoms with Gasteiger partial charge in [-0.25, -0.2) is 0 Å². The van der Waals surface area contributed by atoms with Gasteiger partial charge in [0.2, 0.25) is 0 Å². The molecule has 5 heteroatoms. The average molecular weight is 267 g/mol. The average Bonchev–Trinajstić information content (AvgIpc) is 2.39. The van der Waals surface area contributed by atoms with Crippen LogP contribution in [0.3, 0.4) is 0 Å². The highest BCUT2D eigenvalue weighted by Gasteiger charge is 2.02. The largest absolute Gasteiger partial charge is 0.394 e. The number of nitrogens with one attached hydrogen (secondary N) is 1. The summed E-state index contributed by atoms with van der Waals surface area (Å²) in [6.07, 6.45) is 1.76. The van der Waals surface area contributed by atoms with Crippen molar-refractivity contribution in [2.75, 3.05) is 31.7 Å². The predicted molar refractivity (Wildman–Crippen MR) is 73.1 cm³/mol. The molecule has 96 valence electrons. The minimum atomic E-state index is 0.0494. The van der Waals surface area contributed by atoms with Crippen molar-refractivity contribution in [1.82, 2.24) is 4.98 Å². The maximum absolute atomic E-state index is 8.59. The first-order chi connectivity index (χ1) is 8.81.